The monoisotopic (exact) mass is 196 g/mol. The smallest absolute Gasteiger partial charge is 0.306 e. The average Bonchev–Trinajstić information content (AvgIpc) is 2.48. The third-order valence-electron chi connectivity index (χ3n) is 2.81. The lowest BCUT2D eigenvalue weighted by atomic mass is 9.71. The van der Waals surface area contributed by atoms with E-state index in [4.69, 9.17) is 5.11 Å². The lowest BCUT2D eigenvalue weighted by molar-refractivity contribution is -0.147. The van der Waals surface area contributed by atoms with Crippen molar-refractivity contribution in [2.75, 3.05) is 0 Å². The van der Waals surface area contributed by atoms with Gasteiger partial charge in [-0.3, -0.25) is 4.79 Å². The van der Waals surface area contributed by atoms with Crippen LogP contribution in [-0.4, -0.2) is 11.1 Å². The zero-order valence-corrected chi connectivity index (χ0v) is 8.09. The summed E-state index contributed by atoms with van der Waals surface area (Å²) >= 11 is 1.68. The van der Waals surface area contributed by atoms with E-state index in [9.17, 15) is 4.79 Å². The van der Waals surface area contributed by atoms with Crippen molar-refractivity contribution in [3.63, 3.8) is 0 Å². The van der Waals surface area contributed by atoms with Crippen molar-refractivity contribution in [3.8, 4) is 0 Å². The number of carboxylic acids is 1. The molecule has 2 nitrogen and oxygen atoms in total. The molecule has 2 rings (SSSR count). The Morgan fingerprint density at radius 2 is 2.46 bits per heavy atom. The number of hydrogen-bond acceptors (Lipinski definition) is 2. The second-order valence-electron chi connectivity index (χ2n) is 3.62. The minimum Gasteiger partial charge on any atom is -0.481 e. The molecular formula is C10H12O2S. The van der Waals surface area contributed by atoms with Crippen molar-refractivity contribution in [1.82, 2.24) is 0 Å². The van der Waals surface area contributed by atoms with Gasteiger partial charge in [-0.15, -0.1) is 0 Å². The van der Waals surface area contributed by atoms with E-state index in [1.165, 1.54) is 5.56 Å². The predicted molar refractivity (Wildman–Crippen MR) is 51.9 cm³/mol. The molecule has 0 aliphatic heterocycles. The van der Waals surface area contributed by atoms with E-state index >= 15 is 0 Å². The van der Waals surface area contributed by atoms with Crippen LogP contribution in [0.4, 0.5) is 0 Å². The second kappa shape index (κ2) is 3.50. The van der Waals surface area contributed by atoms with Gasteiger partial charge >= 0.3 is 5.97 Å². The molecule has 1 fully saturated rings. The van der Waals surface area contributed by atoms with Crippen LogP contribution >= 0.6 is 11.3 Å². The molecule has 0 amide bonds. The molecule has 2 unspecified atom stereocenters. The van der Waals surface area contributed by atoms with Crippen LogP contribution in [0.25, 0.3) is 0 Å². The Balaban J connectivity index is 1.93. The fourth-order valence-electron chi connectivity index (χ4n) is 1.85. The van der Waals surface area contributed by atoms with Crippen LogP contribution in [0.3, 0.4) is 0 Å². The minimum atomic E-state index is -0.619. The minimum absolute atomic E-state index is 0.0834. The van der Waals surface area contributed by atoms with Crippen molar-refractivity contribution < 1.29 is 9.90 Å². The van der Waals surface area contributed by atoms with Crippen molar-refractivity contribution in [1.29, 1.82) is 0 Å². The van der Waals surface area contributed by atoms with E-state index in [0.717, 1.165) is 19.3 Å². The Bertz CT molecular complexity index is 292. The van der Waals surface area contributed by atoms with Crippen LogP contribution in [0.2, 0.25) is 0 Å². The van der Waals surface area contributed by atoms with Crippen molar-refractivity contribution >= 4 is 17.3 Å². The first kappa shape index (κ1) is 8.75. The summed E-state index contributed by atoms with van der Waals surface area (Å²) in [7, 11) is 0. The Hall–Kier alpha value is -0.830. The summed E-state index contributed by atoms with van der Waals surface area (Å²) in [5, 5.41) is 13.0. The summed E-state index contributed by atoms with van der Waals surface area (Å²) in [5.74, 6) is -0.321. The normalized spacial score (nSPS) is 26.8. The van der Waals surface area contributed by atoms with Gasteiger partial charge in [0.05, 0.1) is 5.92 Å². The van der Waals surface area contributed by atoms with Gasteiger partial charge in [-0.2, -0.15) is 11.3 Å². The van der Waals surface area contributed by atoms with E-state index in [1.807, 2.05) is 5.38 Å². The SMILES string of the molecule is O=C(O)C1CCC1Cc1ccsc1. The van der Waals surface area contributed by atoms with Crippen molar-refractivity contribution in [2.24, 2.45) is 11.8 Å². The molecule has 1 aromatic heterocycles. The third kappa shape index (κ3) is 1.75. The summed E-state index contributed by atoms with van der Waals surface area (Å²) in [6.45, 7) is 0. The molecule has 3 heteroatoms. The molecule has 1 aliphatic carbocycles. The molecule has 13 heavy (non-hydrogen) atoms. The van der Waals surface area contributed by atoms with E-state index < -0.39 is 5.97 Å². The first-order valence-electron chi connectivity index (χ1n) is 4.51. The molecule has 1 aliphatic rings. The van der Waals surface area contributed by atoms with Crippen molar-refractivity contribution in [3.05, 3.63) is 22.4 Å². The van der Waals surface area contributed by atoms with Gasteiger partial charge in [-0.25, -0.2) is 0 Å². The highest BCUT2D eigenvalue weighted by Crippen LogP contribution is 2.37. The average molecular weight is 196 g/mol. The fourth-order valence-corrected chi connectivity index (χ4v) is 2.53. The lowest BCUT2D eigenvalue weighted by Gasteiger charge is -2.33. The molecule has 70 valence electrons. The number of aliphatic carboxylic acids is 1. The van der Waals surface area contributed by atoms with Gasteiger partial charge < -0.3 is 5.11 Å². The number of carbonyl (C=O) groups is 1. The highest BCUT2D eigenvalue weighted by atomic mass is 32.1. The number of rotatable bonds is 3. The standard InChI is InChI=1S/C10H12O2S/c11-10(12)9-2-1-8(9)5-7-3-4-13-6-7/h3-4,6,8-9H,1-2,5H2,(H,11,12). The number of carboxylic acid groups (broad SMARTS) is 1. The van der Waals surface area contributed by atoms with Crippen LogP contribution in [0.15, 0.2) is 16.8 Å². The summed E-state index contributed by atoms with van der Waals surface area (Å²) in [6, 6.07) is 2.09. The topological polar surface area (TPSA) is 37.3 Å². The van der Waals surface area contributed by atoms with E-state index in [-0.39, 0.29) is 5.92 Å². The van der Waals surface area contributed by atoms with E-state index in [2.05, 4.69) is 11.4 Å². The highest BCUT2D eigenvalue weighted by molar-refractivity contribution is 7.07. The maximum atomic E-state index is 10.7. The van der Waals surface area contributed by atoms with Crippen LogP contribution in [0.1, 0.15) is 18.4 Å². The molecule has 1 heterocycles. The van der Waals surface area contributed by atoms with Gasteiger partial charge in [0.1, 0.15) is 0 Å². The van der Waals surface area contributed by atoms with Crippen LogP contribution in [0.5, 0.6) is 0 Å². The zero-order valence-electron chi connectivity index (χ0n) is 7.27. The lowest BCUT2D eigenvalue weighted by Crippen LogP contribution is -2.33. The Morgan fingerprint density at radius 3 is 2.92 bits per heavy atom. The maximum absolute atomic E-state index is 10.7. The Labute approximate surface area is 81.2 Å². The molecule has 0 saturated heterocycles. The summed E-state index contributed by atoms with van der Waals surface area (Å²) in [5.41, 5.74) is 1.29. The van der Waals surface area contributed by atoms with Crippen molar-refractivity contribution in [2.45, 2.75) is 19.3 Å². The second-order valence-corrected chi connectivity index (χ2v) is 4.40. The maximum Gasteiger partial charge on any atom is 0.306 e. The van der Waals surface area contributed by atoms with Gasteiger partial charge in [0.2, 0.25) is 0 Å². The van der Waals surface area contributed by atoms with Gasteiger partial charge in [-0.1, -0.05) is 0 Å². The molecule has 1 N–H and O–H groups in total. The summed E-state index contributed by atoms with van der Waals surface area (Å²) < 4.78 is 0. The number of thiophene rings is 1. The molecule has 0 aromatic carbocycles. The van der Waals surface area contributed by atoms with E-state index in [0.29, 0.717) is 5.92 Å². The molecule has 0 radical (unpaired) electrons. The quantitative estimate of drug-likeness (QED) is 0.806. The first-order valence-corrected chi connectivity index (χ1v) is 5.45. The Kier molecular flexibility index (Phi) is 2.36. The summed E-state index contributed by atoms with van der Waals surface area (Å²) in [4.78, 5) is 10.7. The molecular weight excluding hydrogens is 184 g/mol. The van der Waals surface area contributed by atoms with Gasteiger partial charge in [-0.05, 0) is 47.6 Å². The predicted octanol–water partition coefficient (Wildman–Crippen LogP) is 2.40. The largest absolute Gasteiger partial charge is 0.481 e. The van der Waals surface area contributed by atoms with Crippen LogP contribution < -0.4 is 0 Å². The third-order valence-corrected chi connectivity index (χ3v) is 3.54. The fraction of sp³-hybridized carbons (Fsp3) is 0.500. The molecule has 0 spiro atoms. The Morgan fingerprint density at radius 1 is 1.62 bits per heavy atom. The molecule has 1 saturated carbocycles. The molecule has 0 bridgehead atoms. The number of hydrogen-bond donors (Lipinski definition) is 1. The summed E-state index contributed by atoms with van der Waals surface area (Å²) in [6.07, 6.45) is 2.89. The first-order chi connectivity index (χ1) is 6.27. The van der Waals surface area contributed by atoms with Crippen LogP contribution in [0, 0.1) is 11.8 Å². The molecule has 1 aromatic rings. The van der Waals surface area contributed by atoms with Gasteiger partial charge in [0.15, 0.2) is 0 Å². The van der Waals surface area contributed by atoms with Gasteiger partial charge in [0, 0.05) is 0 Å². The zero-order chi connectivity index (χ0) is 9.26. The molecule has 2 atom stereocenters. The van der Waals surface area contributed by atoms with Crippen LogP contribution in [-0.2, 0) is 11.2 Å². The van der Waals surface area contributed by atoms with E-state index in [1.54, 1.807) is 11.3 Å². The van der Waals surface area contributed by atoms with Gasteiger partial charge in [0.25, 0.3) is 0 Å². The highest BCUT2D eigenvalue weighted by Gasteiger charge is 2.36.